The fraction of sp³-hybridized carbons (Fsp3) is 0.312. The first kappa shape index (κ1) is 13.3. The van der Waals surface area contributed by atoms with Crippen molar-refractivity contribution in [2.75, 3.05) is 26.3 Å². The molecule has 0 spiro atoms. The molecule has 0 bridgehead atoms. The number of hydrogen-bond donors (Lipinski definition) is 0. The van der Waals surface area contributed by atoms with Crippen LogP contribution in [-0.2, 0) is 4.74 Å². The number of aryl methyl sites for hydroxylation is 1. The highest BCUT2D eigenvalue weighted by Gasteiger charge is 2.18. The highest BCUT2D eigenvalue weighted by molar-refractivity contribution is 7.10. The van der Waals surface area contributed by atoms with Crippen molar-refractivity contribution in [2.24, 2.45) is 0 Å². The van der Waals surface area contributed by atoms with Crippen molar-refractivity contribution in [3.63, 3.8) is 0 Å². The molecule has 0 saturated carbocycles. The maximum absolute atomic E-state index is 12.3. The van der Waals surface area contributed by atoms with Gasteiger partial charge in [0.1, 0.15) is 0 Å². The van der Waals surface area contributed by atoms with E-state index in [0.29, 0.717) is 26.3 Å². The van der Waals surface area contributed by atoms with Gasteiger partial charge >= 0.3 is 0 Å². The number of morpholine rings is 1. The summed E-state index contributed by atoms with van der Waals surface area (Å²) in [6.07, 6.45) is 0. The Morgan fingerprint density at radius 3 is 2.45 bits per heavy atom. The van der Waals surface area contributed by atoms with Gasteiger partial charge in [0.15, 0.2) is 0 Å². The Morgan fingerprint density at radius 1 is 1.15 bits per heavy atom. The Hall–Kier alpha value is -1.65. The Bertz CT molecular complexity index is 597. The number of amides is 1. The zero-order valence-electron chi connectivity index (χ0n) is 11.5. The van der Waals surface area contributed by atoms with Crippen LogP contribution >= 0.6 is 11.3 Å². The summed E-state index contributed by atoms with van der Waals surface area (Å²) in [6, 6.07) is 10.0. The van der Waals surface area contributed by atoms with Crippen molar-refractivity contribution in [1.29, 1.82) is 0 Å². The second kappa shape index (κ2) is 5.77. The average Bonchev–Trinajstić information content (AvgIpc) is 2.94. The maximum Gasteiger partial charge on any atom is 0.254 e. The van der Waals surface area contributed by atoms with E-state index < -0.39 is 0 Å². The zero-order chi connectivity index (χ0) is 13.9. The van der Waals surface area contributed by atoms with Crippen molar-refractivity contribution in [2.45, 2.75) is 6.92 Å². The Kier molecular flexibility index (Phi) is 3.85. The summed E-state index contributed by atoms with van der Waals surface area (Å²) in [6.45, 7) is 4.75. The van der Waals surface area contributed by atoms with Crippen LogP contribution in [0, 0.1) is 6.92 Å². The number of carbonyl (C=O) groups excluding carboxylic acids is 1. The average molecular weight is 287 g/mol. The Morgan fingerprint density at radius 2 is 1.85 bits per heavy atom. The van der Waals surface area contributed by atoms with Gasteiger partial charge in [0.2, 0.25) is 0 Å². The summed E-state index contributed by atoms with van der Waals surface area (Å²) in [5.41, 5.74) is 3.13. The maximum atomic E-state index is 12.3. The van der Waals surface area contributed by atoms with Crippen molar-refractivity contribution >= 4 is 17.2 Å². The molecule has 0 N–H and O–H groups in total. The number of hydrogen-bond acceptors (Lipinski definition) is 3. The molecule has 4 heteroatoms. The predicted molar refractivity (Wildman–Crippen MR) is 81.2 cm³/mol. The van der Waals surface area contributed by atoms with E-state index in [1.54, 1.807) is 11.3 Å². The van der Waals surface area contributed by atoms with Crippen LogP contribution in [0.3, 0.4) is 0 Å². The van der Waals surface area contributed by atoms with Gasteiger partial charge in [0, 0.05) is 23.5 Å². The van der Waals surface area contributed by atoms with E-state index in [1.165, 1.54) is 10.4 Å². The predicted octanol–water partition coefficient (Wildman–Crippen LogP) is 3.20. The first-order chi connectivity index (χ1) is 9.74. The standard InChI is InChI=1S/C16H17NO2S/c1-12-10-15(11-20-12)13-2-4-14(5-3-13)16(18)17-6-8-19-9-7-17/h2-5,10-11H,6-9H2,1H3. The fourth-order valence-electron chi connectivity index (χ4n) is 2.35. The van der Waals surface area contributed by atoms with Gasteiger partial charge in [-0.3, -0.25) is 4.79 Å². The third kappa shape index (κ3) is 2.76. The van der Waals surface area contributed by atoms with Crippen LogP contribution in [0.1, 0.15) is 15.2 Å². The molecule has 1 fully saturated rings. The van der Waals surface area contributed by atoms with Crippen molar-refractivity contribution in [3.05, 3.63) is 46.2 Å². The number of carbonyl (C=O) groups is 1. The zero-order valence-corrected chi connectivity index (χ0v) is 12.3. The van der Waals surface area contributed by atoms with E-state index >= 15 is 0 Å². The van der Waals surface area contributed by atoms with Gasteiger partial charge in [0.05, 0.1) is 13.2 Å². The molecule has 1 aliphatic rings. The molecule has 0 unspecified atom stereocenters. The van der Waals surface area contributed by atoms with Gasteiger partial charge in [-0.15, -0.1) is 11.3 Å². The lowest BCUT2D eigenvalue weighted by Gasteiger charge is -2.26. The number of benzene rings is 1. The van der Waals surface area contributed by atoms with Crippen molar-refractivity contribution in [1.82, 2.24) is 4.90 Å². The lowest BCUT2D eigenvalue weighted by molar-refractivity contribution is 0.0303. The lowest BCUT2D eigenvalue weighted by Crippen LogP contribution is -2.40. The van der Waals surface area contributed by atoms with Crippen LogP contribution in [0.2, 0.25) is 0 Å². The molecule has 1 aliphatic heterocycles. The van der Waals surface area contributed by atoms with Gasteiger partial charge in [0.25, 0.3) is 5.91 Å². The minimum atomic E-state index is 0.0985. The molecule has 104 valence electrons. The molecule has 1 amide bonds. The van der Waals surface area contributed by atoms with Gasteiger partial charge < -0.3 is 9.64 Å². The summed E-state index contributed by atoms with van der Waals surface area (Å²) in [7, 11) is 0. The van der Waals surface area contributed by atoms with Crippen LogP contribution in [0.15, 0.2) is 35.7 Å². The second-order valence-electron chi connectivity index (χ2n) is 4.93. The quantitative estimate of drug-likeness (QED) is 0.849. The number of rotatable bonds is 2. The topological polar surface area (TPSA) is 29.5 Å². The number of nitrogens with zero attached hydrogens (tertiary/aromatic N) is 1. The molecule has 2 heterocycles. The van der Waals surface area contributed by atoms with Gasteiger partial charge in [-0.25, -0.2) is 0 Å². The molecule has 1 saturated heterocycles. The lowest BCUT2D eigenvalue weighted by atomic mass is 10.1. The molecule has 0 radical (unpaired) electrons. The SMILES string of the molecule is Cc1cc(-c2ccc(C(=O)N3CCOCC3)cc2)cs1. The van der Waals surface area contributed by atoms with E-state index in [1.807, 2.05) is 29.2 Å². The molecule has 3 rings (SSSR count). The van der Waals surface area contributed by atoms with E-state index in [-0.39, 0.29) is 5.91 Å². The van der Waals surface area contributed by atoms with Crippen LogP contribution in [0.4, 0.5) is 0 Å². The number of thiophene rings is 1. The molecule has 3 nitrogen and oxygen atoms in total. The summed E-state index contributed by atoms with van der Waals surface area (Å²) in [5, 5.41) is 2.15. The van der Waals surface area contributed by atoms with Crippen LogP contribution in [-0.4, -0.2) is 37.1 Å². The summed E-state index contributed by atoms with van der Waals surface area (Å²) in [4.78, 5) is 15.5. The monoisotopic (exact) mass is 287 g/mol. The Labute approximate surface area is 122 Å². The highest BCUT2D eigenvalue weighted by Crippen LogP contribution is 2.25. The number of ether oxygens (including phenoxy) is 1. The van der Waals surface area contributed by atoms with Gasteiger partial charge in [-0.1, -0.05) is 12.1 Å². The molecule has 2 aromatic rings. The molecule has 20 heavy (non-hydrogen) atoms. The first-order valence-corrected chi connectivity index (χ1v) is 7.64. The van der Waals surface area contributed by atoms with Crippen molar-refractivity contribution < 1.29 is 9.53 Å². The highest BCUT2D eigenvalue weighted by atomic mass is 32.1. The molecule has 1 aromatic heterocycles. The third-order valence-corrected chi connectivity index (χ3v) is 4.36. The molecule has 0 atom stereocenters. The first-order valence-electron chi connectivity index (χ1n) is 6.76. The minimum absolute atomic E-state index is 0.0985. The van der Waals surface area contributed by atoms with Crippen molar-refractivity contribution in [3.8, 4) is 11.1 Å². The largest absolute Gasteiger partial charge is 0.378 e. The normalized spacial score (nSPS) is 15.3. The third-order valence-electron chi connectivity index (χ3n) is 3.49. The smallest absolute Gasteiger partial charge is 0.254 e. The molecular formula is C16H17NO2S. The van der Waals surface area contributed by atoms with E-state index in [4.69, 9.17) is 4.74 Å². The van der Waals surface area contributed by atoms with Crippen LogP contribution in [0.25, 0.3) is 11.1 Å². The summed E-state index contributed by atoms with van der Waals surface area (Å²) < 4.78 is 5.27. The second-order valence-corrected chi connectivity index (χ2v) is 6.04. The molecular weight excluding hydrogens is 270 g/mol. The fourth-order valence-corrected chi connectivity index (χ4v) is 3.06. The summed E-state index contributed by atoms with van der Waals surface area (Å²) >= 11 is 1.74. The minimum Gasteiger partial charge on any atom is -0.378 e. The molecule has 0 aliphatic carbocycles. The Balaban J connectivity index is 1.77. The van der Waals surface area contributed by atoms with Crippen LogP contribution < -0.4 is 0 Å². The summed E-state index contributed by atoms with van der Waals surface area (Å²) in [5.74, 6) is 0.0985. The van der Waals surface area contributed by atoms with Gasteiger partial charge in [-0.2, -0.15) is 0 Å². The van der Waals surface area contributed by atoms with Gasteiger partial charge in [-0.05, 0) is 41.6 Å². The van der Waals surface area contributed by atoms with E-state index in [2.05, 4.69) is 18.4 Å². The molecule has 1 aromatic carbocycles. The van der Waals surface area contributed by atoms with E-state index in [9.17, 15) is 4.79 Å². The van der Waals surface area contributed by atoms with Crippen LogP contribution in [0.5, 0.6) is 0 Å². The van der Waals surface area contributed by atoms with E-state index in [0.717, 1.165) is 11.1 Å².